The standard InChI is InChI=1S/C23H24N2/c24-15-21-18-9-6-10-19(18)22-17-8-3-2-7-16(17)11-12-20(22)23(21)25-13-4-1-5-14-25/h2-3,7-8H,1,4-6,9-14H2. The van der Waals surface area contributed by atoms with Crippen molar-refractivity contribution in [3.63, 3.8) is 0 Å². The first kappa shape index (κ1) is 15.0. The predicted molar refractivity (Wildman–Crippen MR) is 102 cm³/mol. The van der Waals surface area contributed by atoms with Crippen molar-refractivity contribution in [3.05, 3.63) is 52.1 Å². The van der Waals surface area contributed by atoms with E-state index in [1.807, 2.05) is 0 Å². The van der Waals surface area contributed by atoms with Gasteiger partial charge in [-0.1, -0.05) is 24.3 Å². The summed E-state index contributed by atoms with van der Waals surface area (Å²) in [5.74, 6) is 0. The molecule has 0 saturated carbocycles. The normalized spacial score (nSPS) is 18.3. The Hall–Kier alpha value is -2.27. The van der Waals surface area contributed by atoms with Crippen LogP contribution in [0.1, 0.15) is 53.5 Å². The average Bonchev–Trinajstić information content (AvgIpc) is 3.16. The van der Waals surface area contributed by atoms with Crippen molar-refractivity contribution in [2.75, 3.05) is 18.0 Å². The van der Waals surface area contributed by atoms with E-state index < -0.39 is 0 Å². The summed E-state index contributed by atoms with van der Waals surface area (Å²) in [6.45, 7) is 2.23. The Morgan fingerprint density at radius 1 is 0.800 bits per heavy atom. The van der Waals surface area contributed by atoms with Crippen LogP contribution in [0.25, 0.3) is 11.1 Å². The molecule has 2 aromatic rings. The Morgan fingerprint density at radius 3 is 2.44 bits per heavy atom. The number of fused-ring (bicyclic) bond motifs is 5. The number of hydrogen-bond acceptors (Lipinski definition) is 2. The number of anilines is 1. The van der Waals surface area contributed by atoms with Gasteiger partial charge in [-0.25, -0.2) is 0 Å². The minimum atomic E-state index is 1.01. The molecule has 2 nitrogen and oxygen atoms in total. The van der Waals surface area contributed by atoms with Crippen LogP contribution in [0.15, 0.2) is 24.3 Å². The minimum Gasteiger partial charge on any atom is -0.370 e. The highest BCUT2D eigenvalue weighted by molar-refractivity contribution is 5.86. The first-order valence-electron chi connectivity index (χ1n) is 9.82. The van der Waals surface area contributed by atoms with Gasteiger partial charge in [0.05, 0.1) is 11.3 Å². The molecule has 5 rings (SSSR count). The molecule has 0 unspecified atom stereocenters. The first-order chi connectivity index (χ1) is 12.4. The summed E-state index contributed by atoms with van der Waals surface area (Å²) < 4.78 is 0. The van der Waals surface area contributed by atoms with Gasteiger partial charge in [0.1, 0.15) is 6.07 Å². The van der Waals surface area contributed by atoms with E-state index in [4.69, 9.17) is 0 Å². The molecule has 25 heavy (non-hydrogen) atoms. The zero-order chi connectivity index (χ0) is 16.8. The molecule has 2 aromatic carbocycles. The fourth-order valence-corrected chi connectivity index (χ4v) is 5.29. The molecule has 126 valence electrons. The van der Waals surface area contributed by atoms with Crippen LogP contribution < -0.4 is 4.90 Å². The number of nitriles is 1. The number of hydrogen-bond donors (Lipinski definition) is 0. The predicted octanol–water partition coefficient (Wildman–Crippen LogP) is 4.80. The van der Waals surface area contributed by atoms with E-state index in [0.29, 0.717) is 0 Å². The summed E-state index contributed by atoms with van der Waals surface area (Å²) in [4.78, 5) is 2.54. The van der Waals surface area contributed by atoms with Gasteiger partial charge in [0, 0.05) is 13.1 Å². The fraction of sp³-hybridized carbons (Fsp3) is 0.435. The molecular formula is C23H24N2. The van der Waals surface area contributed by atoms with Crippen molar-refractivity contribution in [1.29, 1.82) is 5.26 Å². The van der Waals surface area contributed by atoms with Crippen molar-refractivity contribution >= 4 is 5.69 Å². The summed E-state index contributed by atoms with van der Waals surface area (Å²) in [6.07, 6.45) is 9.44. The first-order valence-corrected chi connectivity index (χ1v) is 9.82. The van der Waals surface area contributed by atoms with E-state index in [-0.39, 0.29) is 0 Å². The Labute approximate surface area is 150 Å². The molecule has 0 spiro atoms. The third kappa shape index (κ3) is 2.22. The van der Waals surface area contributed by atoms with Gasteiger partial charge >= 0.3 is 0 Å². The summed E-state index contributed by atoms with van der Waals surface area (Å²) in [7, 11) is 0. The molecule has 2 aliphatic carbocycles. The van der Waals surface area contributed by atoms with Crippen molar-refractivity contribution in [3.8, 4) is 17.2 Å². The second-order valence-corrected chi connectivity index (χ2v) is 7.70. The van der Waals surface area contributed by atoms with Gasteiger partial charge < -0.3 is 4.90 Å². The van der Waals surface area contributed by atoms with E-state index in [9.17, 15) is 5.26 Å². The summed E-state index contributed by atoms with van der Waals surface area (Å²) >= 11 is 0. The van der Waals surface area contributed by atoms with Crippen molar-refractivity contribution < 1.29 is 0 Å². The van der Waals surface area contributed by atoms with Gasteiger partial charge in [0.15, 0.2) is 0 Å². The van der Waals surface area contributed by atoms with Crippen LogP contribution in [0.3, 0.4) is 0 Å². The highest BCUT2D eigenvalue weighted by Crippen LogP contribution is 2.47. The fourth-order valence-electron chi connectivity index (χ4n) is 5.29. The largest absolute Gasteiger partial charge is 0.370 e. The second kappa shape index (κ2) is 5.92. The maximum atomic E-state index is 10.0. The molecule has 0 bridgehead atoms. The van der Waals surface area contributed by atoms with Crippen LogP contribution in [0, 0.1) is 11.3 Å². The average molecular weight is 328 g/mol. The second-order valence-electron chi connectivity index (χ2n) is 7.70. The van der Waals surface area contributed by atoms with E-state index in [2.05, 4.69) is 35.2 Å². The lowest BCUT2D eigenvalue weighted by molar-refractivity contribution is 0.575. The highest BCUT2D eigenvalue weighted by Gasteiger charge is 2.32. The lowest BCUT2D eigenvalue weighted by atomic mass is 9.79. The molecule has 1 aliphatic heterocycles. The highest BCUT2D eigenvalue weighted by atomic mass is 15.1. The smallest absolute Gasteiger partial charge is 0.102 e. The van der Waals surface area contributed by atoms with Crippen LogP contribution in [0.4, 0.5) is 5.69 Å². The molecule has 2 heteroatoms. The number of rotatable bonds is 1. The quantitative estimate of drug-likeness (QED) is 0.751. The van der Waals surface area contributed by atoms with Crippen LogP contribution in [0.2, 0.25) is 0 Å². The summed E-state index contributed by atoms with van der Waals surface area (Å²) in [5, 5.41) is 10.0. The molecular weight excluding hydrogens is 304 g/mol. The van der Waals surface area contributed by atoms with Gasteiger partial charge in [-0.2, -0.15) is 5.26 Å². The molecule has 0 aromatic heterocycles. The van der Waals surface area contributed by atoms with Crippen LogP contribution >= 0.6 is 0 Å². The number of benzene rings is 2. The SMILES string of the molecule is N#Cc1c2c(c3c(c1N1CCCCC1)CCc1ccccc1-3)CCC2. The Kier molecular flexibility index (Phi) is 3.55. The molecule has 1 heterocycles. The lowest BCUT2D eigenvalue weighted by Gasteiger charge is -2.35. The van der Waals surface area contributed by atoms with E-state index >= 15 is 0 Å². The molecule has 0 N–H and O–H groups in total. The number of piperidine rings is 1. The zero-order valence-electron chi connectivity index (χ0n) is 14.8. The monoisotopic (exact) mass is 328 g/mol. The van der Waals surface area contributed by atoms with E-state index in [1.165, 1.54) is 64.8 Å². The topological polar surface area (TPSA) is 27.0 Å². The minimum absolute atomic E-state index is 1.01. The van der Waals surface area contributed by atoms with Gasteiger partial charge in [-0.15, -0.1) is 0 Å². The molecule has 0 atom stereocenters. The van der Waals surface area contributed by atoms with Gasteiger partial charge in [-0.3, -0.25) is 0 Å². The van der Waals surface area contributed by atoms with E-state index in [0.717, 1.165) is 44.3 Å². The molecule has 1 fully saturated rings. The molecule has 0 amide bonds. The molecule has 1 saturated heterocycles. The Bertz CT molecular complexity index is 882. The third-order valence-corrected chi connectivity index (χ3v) is 6.36. The zero-order valence-corrected chi connectivity index (χ0v) is 14.8. The van der Waals surface area contributed by atoms with E-state index in [1.54, 1.807) is 0 Å². The summed E-state index contributed by atoms with van der Waals surface area (Å²) in [6, 6.07) is 11.6. The van der Waals surface area contributed by atoms with Crippen LogP contribution in [-0.2, 0) is 25.7 Å². The van der Waals surface area contributed by atoms with Crippen molar-refractivity contribution in [2.45, 2.75) is 51.4 Å². The Balaban J connectivity index is 1.82. The van der Waals surface area contributed by atoms with Crippen molar-refractivity contribution in [1.82, 2.24) is 0 Å². The van der Waals surface area contributed by atoms with Crippen LogP contribution in [0.5, 0.6) is 0 Å². The third-order valence-electron chi connectivity index (χ3n) is 6.36. The molecule has 3 aliphatic rings. The van der Waals surface area contributed by atoms with Gasteiger partial charge in [0.25, 0.3) is 0 Å². The molecule has 0 radical (unpaired) electrons. The van der Waals surface area contributed by atoms with Crippen LogP contribution in [-0.4, -0.2) is 13.1 Å². The van der Waals surface area contributed by atoms with Gasteiger partial charge in [0.2, 0.25) is 0 Å². The summed E-state index contributed by atoms with van der Waals surface area (Å²) in [5.41, 5.74) is 11.0. The lowest BCUT2D eigenvalue weighted by Crippen LogP contribution is -2.32. The van der Waals surface area contributed by atoms with Gasteiger partial charge in [-0.05, 0) is 84.7 Å². The van der Waals surface area contributed by atoms with Crippen molar-refractivity contribution in [2.24, 2.45) is 0 Å². The maximum absolute atomic E-state index is 10.0. The Morgan fingerprint density at radius 2 is 1.60 bits per heavy atom. The number of nitrogens with zero attached hydrogens (tertiary/aromatic N) is 2. The number of aryl methyl sites for hydroxylation is 1. The maximum Gasteiger partial charge on any atom is 0.102 e.